The van der Waals surface area contributed by atoms with Crippen LogP contribution in [0.25, 0.3) is 5.57 Å². The Labute approximate surface area is 501 Å². The van der Waals surface area contributed by atoms with Gasteiger partial charge in [-0.25, -0.2) is 26.2 Å². The minimum Gasteiger partial charge on any atom is -0.744 e. The average molecular weight is 1110 g/mol. The summed E-state index contributed by atoms with van der Waals surface area (Å²) in [6.07, 6.45) is 13.2. The number of nitrogens with one attached hydrogen (secondary N) is 1. The van der Waals surface area contributed by atoms with Crippen molar-refractivity contribution < 1.29 is 159 Å². The van der Waals surface area contributed by atoms with E-state index in [-0.39, 0.29) is 130 Å². The van der Waals surface area contributed by atoms with Crippen LogP contribution in [0.15, 0.2) is 94.6 Å². The number of unbranched alkanes of at least 4 members (excludes halogenated alkanes) is 3. The van der Waals surface area contributed by atoms with Crippen LogP contribution in [0.1, 0.15) is 110 Å². The maximum Gasteiger partial charge on any atom is 1.00 e. The third-order valence-corrected chi connectivity index (χ3v) is 13.0. The van der Waals surface area contributed by atoms with Crippen LogP contribution in [-0.2, 0) is 56.5 Å². The number of allylic oxidation sites excluding steroid dienone is 8. The molecule has 74 heavy (non-hydrogen) atoms. The molecule has 0 fully saturated rings. The standard InChI is InChI=1S/C49H57F3N3O4S.CO2.3Na.2O3S/c1-8-11-15-24-53-47(56)34-27-32(18-22-43-48(4,5)37-16-13-14-17-41(37)55(43)26-12-9-2)45(46-39(51)29-35(50)30-40(46)52)33(28-34)19-23-44-49(6,7)38-31-36(60(57,58)59)20-21-42(38)54(44)25-10-3;2-1-3;;;;2*1-4(2)3/h14,16-23,29-31,34H,3,8-12,15,24-28H2,1-2,4-7H3,(H,53,56)(H,57,58,59);;;;;;/q-1;;3*+1;;/p-1. The molecule has 1 atom stereocenters. The van der Waals surface area contributed by atoms with Gasteiger partial charge in [0.25, 0.3) is 0 Å². The molecule has 0 spiro atoms. The molecule has 24 heteroatoms. The first kappa shape index (κ1) is 70.9. The summed E-state index contributed by atoms with van der Waals surface area (Å²) >= 11 is 0. The molecular formula is C50H56F3N3Na3O12S3+. The van der Waals surface area contributed by atoms with Gasteiger partial charge in [0.15, 0.2) is 5.71 Å². The first-order valence-electron chi connectivity index (χ1n) is 22.4. The minimum atomic E-state index is -4.74. The topological polar surface area (TPSA) is 229 Å². The predicted octanol–water partition coefficient (Wildman–Crippen LogP) is -1.04. The smallest absolute Gasteiger partial charge is 0.744 e. The molecule has 0 saturated heterocycles. The van der Waals surface area contributed by atoms with Crippen LogP contribution in [-0.4, -0.2) is 80.2 Å². The van der Waals surface area contributed by atoms with Crippen molar-refractivity contribution >= 4 is 66.1 Å². The largest absolute Gasteiger partial charge is 1.00 e. The number of hydrogen-bond donors (Lipinski definition) is 1. The monoisotopic (exact) mass is 1110 g/mol. The third-order valence-electron chi connectivity index (χ3n) is 12.2. The summed E-state index contributed by atoms with van der Waals surface area (Å²) in [5.74, 6) is -3.93. The zero-order chi connectivity index (χ0) is 53.4. The van der Waals surface area contributed by atoms with E-state index in [0.29, 0.717) is 54.0 Å². The van der Waals surface area contributed by atoms with E-state index in [1.807, 2.05) is 49.1 Å². The van der Waals surface area contributed by atoms with Crippen molar-refractivity contribution in [2.75, 3.05) is 24.5 Å². The number of benzene rings is 3. The van der Waals surface area contributed by atoms with Crippen LogP contribution in [0, 0.1) is 36.4 Å². The molecule has 0 saturated carbocycles. The fraction of sp³-hybridized carbons (Fsp3) is 0.400. The molecule has 0 bridgehead atoms. The van der Waals surface area contributed by atoms with Crippen LogP contribution in [0.3, 0.4) is 0 Å². The molecule has 3 aromatic carbocycles. The van der Waals surface area contributed by atoms with Crippen molar-refractivity contribution in [3.05, 3.63) is 137 Å². The van der Waals surface area contributed by atoms with E-state index < -0.39 is 65.5 Å². The summed E-state index contributed by atoms with van der Waals surface area (Å²) < 4.78 is 136. The summed E-state index contributed by atoms with van der Waals surface area (Å²) in [5, 5.41) is 3.10. The summed E-state index contributed by atoms with van der Waals surface area (Å²) in [7, 11) is -11.0. The number of carbonyl (C=O) groups is 1. The fourth-order valence-electron chi connectivity index (χ4n) is 9.02. The maximum absolute atomic E-state index is 16.2. The number of fused-ring (bicyclic) bond motifs is 2. The zero-order valence-electron chi connectivity index (χ0n) is 43.1. The molecule has 384 valence electrons. The van der Waals surface area contributed by atoms with Crippen molar-refractivity contribution in [2.24, 2.45) is 5.92 Å². The number of anilines is 1. The van der Waals surface area contributed by atoms with Crippen molar-refractivity contribution in [1.82, 2.24) is 5.32 Å². The molecule has 1 N–H and O–H groups in total. The van der Waals surface area contributed by atoms with Gasteiger partial charge < -0.3 is 21.7 Å². The number of rotatable bonds is 15. The number of amides is 1. The SMILES string of the molecule is O=C=O.O=S(=O)=O.O=S(=O)=O.[CH2-]CCN1/C(=C/C=C2\CC(C(=O)NCCCCC)CC(/C=C/C3=[N+](CCCC)c4cc[c-]cc4C3(C)C)=C2c2c(F)cc(F)cc2F)C(C)(C)c2cc(S(=O)(=O)[O-])ccc21.[Na+].[Na+].[Na+]. The average Bonchev–Trinajstić information content (AvgIpc) is 3.62. The molecule has 1 amide bonds. The Morgan fingerprint density at radius 2 is 1.46 bits per heavy atom. The van der Waals surface area contributed by atoms with Gasteiger partial charge >= 0.3 is 116 Å². The van der Waals surface area contributed by atoms with Gasteiger partial charge in [-0.15, -0.1) is 31.3 Å². The minimum absolute atomic E-state index is 0. The Balaban J connectivity index is 0.00000347. The molecule has 1 aliphatic carbocycles. The molecule has 3 aliphatic rings. The van der Waals surface area contributed by atoms with Gasteiger partial charge in [0.2, 0.25) is 5.91 Å². The second kappa shape index (κ2) is 32.6. The van der Waals surface area contributed by atoms with E-state index in [2.05, 4.69) is 56.6 Å². The summed E-state index contributed by atoms with van der Waals surface area (Å²) in [4.78, 5) is 31.9. The van der Waals surface area contributed by atoms with Crippen molar-refractivity contribution in [2.45, 2.75) is 109 Å². The number of hydrogen-bond acceptors (Lipinski definition) is 13. The van der Waals surface area contributed by atoms with Gasteiger partial charge in [-0.2, -0.15) is 34.2 Å². The van der Waals surface area contributed by atoms with Crippen molar-refractivity contribution in [1.29, 1.82) is 0 Å². The number of halogens is 3. The quantitative estimate of drug-likeness (QED) is 0.0632. The number of nitrogens with zero attached hydrogens (tertiary/aromatic N) is 2. The Bertz CT molecular complexity index is 2970. The normalized spacial score (nSPS) is 16.9. The molecule has 0 radical (unpaired) electrons. The van der Waals surface area contributed by atoms with Crippen LogP contribution in [0.4, 0.5) is 24.5 Å². The summed E-state index contributed by atoms with van der Waals surface area (Å²) in [5.41, 5.74) is 4.86. The first-order valence-corrected chi connectivity index (χ1v) is 25.9. The van der Waals surface area contributed by atoms with Crippen molar-refractivity contribution in [3.63, 3.8) is 0 Å². The van der Waals surface area contributed by atoms with E-state index in [1.54, 1.807) is 12.1 Å². The van der Waals surface area contributed by atoms with Gasteiger partial charge in [0.05, 0.1) is 10.5 Å². The van der Waals surface area contributed by atoms with Crippen molar-refractivity contribution in [3.8, 4) is 0 Å². The second-order valence-electron chi connectivity index (χ2n) is 17.5. The maximum atomic E-state index is 16.2. The Kier molecular flexibility index (Phi) is 31.2. The Morgan fingerprint density at radius 3 is 2.00 bits per heavy atom. The molecule has 6 rings (SSSR count). The molecular weight excluding hydrogens is 1060 g/mol. The van der Waals surface area contributed by atoms with E-state index in [9.17, 15) is 22.2 Å². The summed E-state index contributed by atoms with van der Waals surface area (Å²) in [6.45, 7) is 18.1. The summed E-state index contributed by atoms with van der Waals surface area (Å²) in [6, 6.07) is 14.8. The Hall–Kier alpha value is -3.12. The Morgan fingerprint density at radius 1 is 0.878 bits per heavy atom. The molecule has 2 aliphatic heterocycles. The van der Waals surface area contributed by atoms with E-state index in [4.69, 9.17) is 34.8 Å². The van der Waals surface area contributed by atoms with Gasteiger partial charge in [-0.1, -0.05) is 78.5 Å². The molecule has 1 unspecified atom stereocenters. The predicted molar refractivity (Wildman–Crippen MR) is 256 cm³/mol. The molecule has 2 heterocycles. The van der Waals surface area contributed by atoms with Gasteiger partial charge in [-0.05, 0) is 72.4 Å². The van der Waals surface area contributed by atoms with Gasteiger partial charge in [0, 0.05) is 59.3 Å². The van der Waals surface area contributed by atoms with Crippen LogP contribution < -0.4 is 98.9 Å². The van der Waals surface area contributed by atoms with Crippen LogP contribution >= 0.6 is 0 Å². The second-order valence-corrected chi connectivity index (χ2v) is 19.7. The van der Waals surface area contributed by atoms with E-state index in [0.717, 1.165) is 61.3 Å². The first-order chi connectivity index (χ1) is 33.3. The fourth-order valence-corrected chi connectivity index (χ4v) is 9.52. The van der Waals surface area contributed by atoms with Gasteiger partial charge in [0.1, 0.15) is 39.8 Å². The number of carbonyl (C=O) groups excluding carboxylic acids is 3. The zero-order valence-corrected chi connectivity index (χ0v) is 51.6. The van der Waals surface area contributed by atoms with Gasteiger partial charge in [-0.3, -0.25) is 4.79 Å². The molecule has 15 nitrogen and oxygen atoms in total. The van der Waals surface area contributed by atoms with Crippen LogP contribution in [0.5, 0.6) is 0 Å². The molecule has 0 aromatic heterocycles. The van der Waals surface area contributed by atoms with E-state index >= 15 is 8.78 Å². The molecule has 3 aromatic rings. The van der Waals surface area contributed by atoms with Crippen LogP contribution in [0.2, 0.25) is 0 Å². The third kappa shape index (κ3) is 18.8. The van der Waals surface area contributed by atoms with E-state index in [1.165, 1.54) is 12.1 Å².